The first-order chi connectivity index (χ1) is 14.3. The molecule has 0 saturated heterocycles. The number of ether oxygens (including phenoxy) is 2. The Bertz CT molecular complexity index is 982. The van der Waals surface area contributed by atoms with Gasteiger partial charge < -0.3 is 14.8 Å². The SMILES string of the molecule is CC(=O)NC1=NN(C(C)=O)[C@@H](c2ccc(OCCOc3ccccc3C)c(Cl)c2)S1. The monoisotopic (exact) mass is 447 g/mol. The van der Waals surface area contributed by atoms with Crippen molar-refractivity contribution in [3.63, 3.8) is 0 Å². The van der Waals surface area contributed by atoms with Gasteiger partial charge in [-0.1, -0.05) is 47.6 Å². The Kier molecular flexibility index (Phi) is 7.23. The number of rotatable bonds is 6. The van der Waals surface area contributed by atoms with Gasteiger partial charge in [0.2, 0.25) is 11.8 Å². The van der Waals surface area contributed by atoms with Crippen molar-refractivity contribution >= 4 is 40.3 Å². The highest BCUT2D eigenvalue weighted by Gasteiger charge is 2.32. The van der Waals surface area contributed by atoms with Crippen LogP contribution in [0.4, 0.5) is 0 Å². The number of amidine groups is 1. The molecule has 0 aliphatic carbocycles. The molecule has 1 atom stereocenters. The molecule has 0 saturated carbocycles. The second-order valence-corrected chi connectivity index (χ2v) is 8.05. The summed E-state index contributed by atoms with van der Waals surface area (Å²) in [4.78, 5) is 23.2. The molecule has 0 spiro atoms. The molecule has 7 nitrogen and oxygen atoms in total. The molecule has 1 heterocycles. The highest BCUT2D eigenvalue weighted by molar-refractivity contribution is 8.14. The molecule has 30 heavy (non-hydrogen) atoms. The fourth-order valence-corrected chi connectivity index (χ4v) is 4.16. The average molecular weight is 448 g/mol. The molecule has 9 heteroatoms. The van der Waals surface area contributed by atoms with Gasteiger partial charge >= 0.3 is 0 Å². The summed E-state index contributed by atoms with van der Waals surface area (Å²) in [6.45, 7) is 5.51. The highest BCUT2D eigenvalue weighted by Crippen LogP contribution is 2.40. The van der Waals surface area contributed by atoms with Crippen molar-refractivity contribution in [1.82, 2.24) is 10.3 Å². The van der Waals surface area contributed by atoms with Gasteiger partial charge in [0.15, 0.2) is 5.17 Å². The number of para-hydroxylation sites is 1. The number of nitrogens with zero attached hydrogens (tertiary/aromatic N) is 2. The van der Waals surface area contributed by atoms with Crippen LogP contribution in [0.5, 0.6) is 11.5 Å². The molecule has 1 N–H and O–H groups in total. The second kappa shape index (κ2) is 9.86. The minimum absolute atomic E-state index is 0.238. The van der Waals surface area contributed by atoms with Crippen LogP contribution in [0.2, 0.25) is 5.02 Å². The topological polar surface area (TPSA) is 80.2 Å². The summed E-state index contributed by atoms with van der Waals surface area (Å²) < 4.78 is 11.5. The molecule has 1 aliphatic heterocycles. The van der Waals surface area contributed by atoms with Crippen LogP contribution in [-0.2, 0) is 9.59 Å². The molecule has 0 aromatic heterocycles. The first-order valence-electron chi connectivity index (χ1n) is 9.28. The zero-order valence-corrected chi connectivity index (χ0v) is 18.4. The maximum absolute atomic E-state index is 11.9. The van der Waals surface area contributed by atoms with Crippen molar-refractivity contribution in [3.8, 4) is 11.5 Å². The Morgan fingerprint density at radius 2 is 1.83 bits per heavy atom. The second-order valence-electron chi connectivity index (χ2n) is 6.57. The number of amides is 2. The van der Waals surface area contributed by atoms with E-state index >= 15 is 0 Å². The molecule has 3 rings (SSSR count). The quantitative estimate of drug-likeness (QED) is 0.674. The van der Waals surface area contributed by atoms with Crippen molar-refractivity contribution in [2.45, 2.75) is 26.1 Å². The van der Waals surface area contributed by atoms with Crippen LogP contribution in [-0.4, -0.2) is 35.2 Å². The number of benzene rings is 2. The zero-order chi connectivity index (χ0) is 21.7. The van der Waals surface area contributed by atoms with Gasteiger partial charge in [0.25, 0.3) is 0 Å². The van der Waals surface area contributed by atoms with E-state index in [4.69, 9.17) is 21.1 Å². The van der Waals surface area contributed by atoms with Crippen LogP contribution in [0.25, 0.3) is 0 Å². The Morgan fingerprint density at radius 1 is 1.13 bits per heavy atom. The van der Waals surface area contributed by atoms with E-state index in [0.717, 1.165) is 16.9 Å². The molecule has 158 valence electrons. The van der Waals surface area contributed by atoms with Crippen LogP contribution in [0.1, 0.15) is 30.3 Å². The molecule has 2 amide bonds. The van der Waals surface area contributed by atoms with Crippen LogP contribution >= 0.6 is 23.4 Å². The van der Waals surface area contributed by atoms with Gasteiger partial charge in [-0.25, -0.2) is 5.01 Å². The molecule has 2 aromatic carbocycles. The molecule has 0 fully saturated rings. The van der Waals surface area contributed by atoms with Crippen molar-refractivity contribution in [3.05, 3.63) is 58.6 Å². The molecular weight excluding hydrogens is 426 g/mol. The third-order valence-electron chi connectivity index (χ3n) is 4.18. The van der Waals surface area contributed by atoms with Gasteiger partial charge in [0, 0.05) is 13.8 Å². The van der Waals surface area contributed by atoms with E-state index in [1.807, 2.05) is 37.3 Å². The molecule has 1 aliphatic rings. The molecule has 0 radical (unpaired) electrons. The van der Waals surface area contributed by atoms with E-state index in [1.54, 1.807) is 12.1 Å². The summed E-state index contributed by atoms with van der Waals surface area (Å²) in [7, 11) is 0. The maximum Gasteiger partial charge on any atom is 0.241 e. The molecule has 0 bridgehead atoms. The van der Waals surface area contributed by atoms with Crippen LogP contribution in [0.3, 0.4) is 0 Å². The Labute approximate surface area is 184 Å². The van der Waals surface area contributed by atoms with E-state index < -0.39 is 5.37 Å². The maximum atomic E-state index is 11.9. The number of nitrogens with one attached hydrogen (secondary N) is 1. The molecule has 2 aromatic rings. The molecule has 0 unspecified atom stereocenters. The van der Waals surface area contributed by atoms with Crippen molar-refractivity contribution in [2.24, 2.45) is 5.10 Å². The third kappa shape index (κ3) is 5.46. The standard InChI is InChI=1S/C21H22ClN3O4S/c1-13-6-4-5-7-18(13)28-10-11-29-19-9-8-16(12-17(19)22)20-25(15(3)27)24-21(30-20)23-14(2)26/h4-9,12,20H,10-11H2,1-3H3,(H,23,24,26)/t20-/m1/s1. The van der Waals surface area contributed by atoms with Gasteiger partial charge in [-0.05, 0) is 36.2 Å². The fraction of sp³-hybridized carbons (Fsp3) is 0.286. The van der Waals surface area contributed by atoms with Crippen molar-refractivity contribution in [2.75, 3.05) is 13.2 Å². The summed E-state index contributed by atoms with van der Waals surface area (Å²) in [5.74, 6) is 0.854. The van der Waals surface area contributed by atoms with Crippen molar-refractivity contribution in [1.29, 1.82) is 0 Å². The number of aryl methyl sites for hydroxylation is 1. The van der Waals surface area contributed by atoms with Gasteiger partial charge in [-0.2, -0.15) is 0 Å². The van der Waals surface area contributed by atoms with Gasteiger partial charge in [0.1, 0.15) is 30.1 Å². The number of carbonyl (C=O) groups is 2. The fourth-order valence-electron chi connectivity index (χ4n) is 2.79. The zero-order valence-electron chi connectivity index (χ0n) is 16.8. The van der Waals surface area contributed by atoms with E-state index in [9.17, 15) is 9.59 Å². The first kappa shape index (κ1) is 22.0. The Hall–Kier alpha value is -2.71. The smallest absolute Gasteiger partial charge is 0.241 e. The first-order valence-corrected chi connectivity index (χ1v) is 10.5. The van der Waals surface area contributed by atoms with E-state index in [0.29, 0.717) is 29.2 Å². The van der Waals surface area contributed by atoms with Gasteiger partial charge in [-0.3, -0.25) is 9.59 Å². The van der Waals surface area contributed by atoms with Crippen LogP contribution in [0.15, 0.2) is 47.6 Å². The van der Waals surface area contributed by atoms with Crippen LogP contribution in [0, 0.1) is 6.92 Å². The van der Waals surface area contributed by atoms with Gasteiger partial charge in [0.05, 0.1) is 5.02 Å². The van der Waals surface area contributed by atoms with E-state index in [1.165, 1.54) is 30.6 Å². The lowest BCUT2D eigenvalue weighted by molar-refractivity contribution is -0.129. The van der Waals surface area contributed by atoms with Crippen LogP contribution < -0.4 is 14.8 Å². The van der Waals surface area contributed by atoms with Gasteiger partial charge in [-0.15, -0.1) is 5.10 Å². The average Bonchev–Trinajstić information content (AvgIpc) is 3.11. The predicted octanol–water partition coefficient (Wildman–Crippen LogP) is 4.11. The summed E-state index contributed by atoms with van der Waals surface area (Å²) in [5, 5.41) is 8.47. The number of thioether (sulfide) groups is 1. The number of hydrazone groups is 1. The third-order valence-corrected chi connectivity index (χ3v) is 5.58. The minimum Gasteiger partial charge on any atom is -0.490 e. The summed E-state index contributed by atoms with van der Waals surface area (Å²) in [5.41, 5.74) is 1.83. The van der Waals surface area contributed by atoms with Crippen molar-refractivity contribution < 1.29 is 19.1 Å². The summed E-state index contributed by atoms with van der Waals surface area (Å²) in [6.07, 6.45) is 0. The highest BCUT2D eigenvalue weighted by atomic mass is 35.5. The minimum atomic E-state index is -0.416. The largest absolute Gasteiger partial charge is 0.490 e. The lowest BCUT2D eigenvalue weighted by Crippen LogP contribution is -2.25. The van der Waals surface area contributed by atoms with E-state index in [-0.39, 0.29) is 11.8 Å². The lowest BCUT2D eigenvalue weighted by Gasteiger charge is -2.20. The number of halogens is 1. The predicted molar refractivity (Wildman–Crippen MR) is 118 cm³/mol. The summed E-state index contributed by atoms with van der Waals surface area (Å²) in [6, 6.07) is 13.1. The van der Waals surface area contributed by atoms with E-state index in [2.05, 4.69) is 10.4 Å². The number of hydrogen-bond acceptors (Lipinski definition) is 6. The number of carbonyl (C=O) groups excluding carboxylic acids is 2. The lowest BCUT2D eigenvalue weighted by atomic mass is 10.2. The Morgan fingerprint density at radius 3 is 2.47 bits per heavy atom. The normalized spacial score (nSPS) is 15.5. The molecular formula is C21H22ClN3O4S. The number of hydrogen-bond donors (Lipinski definition) is 1. The summed E-state index contributed by atoms with van der Waals surface area (Å²) >= 11 is 7.66. The Balaban J connectivity index is 1.61.